The van der Waals surface area contributed by atoms with Crippen LogP contribution in [0.5, 0.6) is 0 Å². The smallest absolute Gasteiger partial charge is 0.0602 e. The quantitative estimate of drug-likeness (QED) is 0.496. The minimum Gasteiger partial charge on any atom is -0.396 e. The maximum atomic E-state index is 11.6. The first-order valence-electron chi connectivity index (χ1n) is 14.1. The molecule has 0 saturated heterocycles. The van der Waals surface area contributed by atoms with Crippen LogP contribution in [0.2, 0.25) is 0 Å². The van der Waals surface area contributed by atoms with Gasteiger partial charge in [-0.15, -0.1) is 0 Å². The topological polar surface area (TPSA) is 80.9 Å². The minimum atomic E-state index is -2.12. The fourth-order valence-electron chi connectivity index (χ4n) is 9.14. The number of hydrogen-bond donors (Lipinski definition) is 4. The zero-order chi connectivity index (χ0) is 24.3. The van der Waals surface area contributed by atoms with Crippen LogP contribution in [0.15, 0.2) is 0 Å². The fraction of sp³-hybridized carbons (Fsp3) is 1.00. The van der Waals surface area contributed by atoms with E-state index in [1.54, 1.807) is 6.92 Å². The van der Waals surface area contributed by atoms with Crippen molar-refractivity contribution in [2.75, 3.05) is 6.56 Å². The van der Waals surface area contributed by atoms with Crippen LogP contribution in [0.3, 0.4) is 0 Å². The molecule has 0 bridgehead atoms. The van der Waals surface area contributed by atoms with E-state index in [0.717, 1.165) is 57.8 Å². The highest BCUT2D eigenvalue weighted by atomic mass is 16.3. The lowest BCUT2D eigenvalue weighted by molar-refractivity contribution is -0.207. The molecule has 0 heterocycles. The van der Waals surface area contributed by atoms with Gasteiger partial charge in [-0.05, 0) is 104 Å². The van der Waals surface area contributed by atoms with E-state index in [0.29, 0.717) is 36.0 Å². The van der Waals surface area contributed by atoms with Crippen LogP contribution in [0.25, 0.3) is 0 Å². The zero-order valence-corrected chi connectivity index (χ0v) is 20.1. The van der Waals surface area contributed by atoms with Crippen molar-refractivity contribution in [3.63, 3.8) is 0 Å². The Morgan fingerprint density at radius 1 is 0.968 bits per heavy atom. The summed E-state index contributed by atoms with van der Waals surface area (Å²) >= 11 is 0. The van der Waals surface area contributed by atoms with E-state index in [1.165, 1.54) is 0 Å². The third-order valence-corrected chi connectivity index (χ3v) is 11.0. The van der Waals surface area contributed by atoms with Crippen LogP contribution in [0.4, 0.5) is 0 Å². The second kappa shape index (κ2) is 8.89. The Balaban J connectivity index is 1.49. The van der Waals surface area contributed by atoms with Crippen LogP contribution in [0, 0.1) is 52.3 Å². The summed E-state index contributed by atoms with van der Waals surface area (Å²) in [6.45, 7) is 6.59. The number of rotatable bonds is 6. The van der Waals surface area contributed by atoms with Crippen molar-refractivity contribution in [3.8, 4) is 0 Å². The molecule has 4 N–H and O–H groups in total. The highest BCUT2D eigenvalue weighted by Gasteiger charge is 2.65. The van der Waals surface area contributed by atoms with Crippen LogP contribution < -0.4 is 0 Å². The van der Waals surface area contributed by atoms with Crippen LogP contribution >= 0.6 is 0 Å². The molecule has 0 unspecified atom stereocenters. The molecule has 0 radical (unpaired) electrons. The maximum Gasteiger partial charge on any atom is 0.0602 e. The lowest BCUT2D eigenvalue weighted by Gasteiger charge is -2.63. The lowest BCUT2D eigenvalue weighted by atomic mass is 9.43. The van der Waals surface area contributed by atoms with Gasteiger partial charge in [-0.1, -0.05) is 40.5 Å². The minimum absolute atomic E-state index is 0.106. The Bertz CT molecular complexity index is 698. The molecule has 4 rings (SSSR count). The summed E-state index contributed by atoms with van der Waals surface area (Å²) in [5, 5.41) is 42.9. The van der Waals surface area contributed by atoms with Crippen LogP contribution in [-0.4, -0.2) is 45.3 Å². The third kappa shape index (κ3) is 3.92. The van der Waals surface area contributed by atoms with Crippen molar-refractivity contribution in [1.29, 1.82) is 0 Å². The first-order valence-corrected chi connectivity index (χ1v) is 13.1. The first-order chi connectivity index (χ1) is 15.3. The molecular formula is C27H48O4. The van der Waals surface area contributed by atoms with Crippen molar-refractivity contribution in [3.05, 3.63) is 0 Å². The molecule has 4 aliphatic carbocycles. The highest BCUT2D eigenvalue weighted by Crippen LogP contribution is 2.68. The third-order valence-electron chi connectivity index (χ3n) is 11.0. The summed E-state index contributed by atoms with van der Waals surface area (Å²) in [6.07, 6.45) is 7.93. The van der Waals surface area contributed by atoms with Crippen molar-refractivity contribution in [2.24, 2.45) is 52.3 Å². The van der Waals surface area contributed by atoms with Gasteiger partial charge in [-0.3, -0.25) is 0 Å². The summed E-state index contributed by atoms with van der Waals surface area (Å²) in [4.78, 5) is 0. The Morgan fingerprint density at radius 3 is 2.42 bits per heavy atom. The van der Waals surface area contributed by atoms with Crippen molar-refractivity contribution >= 4 is 0 Å². The molecule has 4 fully saturated rings. The second-order valence-electron chi connectivity index (χ2n) is 12.5. The highest BCUT2D eigenvalue weighted by molar-refractivity contribution is 5.14. The molecule has 12 atom stereocenters. The normalized spacial score (nSPS) is 52.9. The van der Waals surface area contributed by atoms with E-state index in [2.05, 4.69) is 20.8 Å². The molecule has 180 valence electrons. The fourth-order valence-corrected chi connectivity index (χ4v) is 9.14. The number of aliphatic hydroxyl groups is 4. The van der Waals surface area contributed by atoms with E-state index in [1.807, 2.05) is 0 Å². The van der Waals surface area contributed by atoms with E-state index in [9.17, 15) is 20.4 Å². The monoisotopic (exact) mass is 438 g/mol. The molecule has 0 aromatic heterocycles. The zero-order valence-electron chi connectivity index (χ0n) is 22.1. The van der Waals surface area contributed by atoms with E-state index in [4.69, 9.17) is 2.74 Å². The van der Waals surface area contributed by atoms with Crippen molar-refractivity contribution < 1.29 is 23.2 Å². The van der Waals surface area contributed by atoms with Gasteiger partial charge in [0.1, 0.15) is 0 Å². The van der Waals surface area contributed by atoms with Crippen LogP contribution in [-0.2, 0) is 0 Å². The predicted octanol–water partition coefficient (Wildman–Crippen LogP) is 4.38. The molecule has 4 heteroatoms. The van der Waals surface area contributed by atoms with Gasteiger partial charge in [0.15, 0.2) is 0 Å². The molecule has 0 amide bonds. The van der Waals surface area contributed by atoms with Crippen molar-refractivity contribution in [1.82, 2.24) is 0 Å². The van der Waals surface area contributed by atoms with Gasteiger partial charge < -0.3 is 20.4 Å². The molecule has 0 aliphatic heterocycles. The second-order valence-corrected chi connectivity index (χ2v) is 12.5. The SMILES string of the molecule is [2H]C([2H])(O)[C@@H](C)CCC[C@@H](C)[C@H]1CC[C@H]2[C@@H]3[C@H](O)C[C@@H]4C[C@H](O)CC[C@]4(C)[C@H]3C[C@H](O)[C@]12C. The average molecular weight is 439 g/mol. The Morgan fingerprint density at radius 2 is 1.71 bits per heavy atom. The van der Waals surface area contributed by atoms with Crippen LogP contribution in [0.1, 0.15) is 94.6 Å². The van der Waals surface area contributed by atoms with Gasteiger partial charge in [-0.25, -0.2) is 0 Å². The molecular weight excluding hydrogens is 388 g/mol. The molecule has 4 aliphatic rings. The molecule has 4 nitrogen and oxygen atoms in total. The van der Waals surface area contributed by atoms with Gasteiger partial charge in [0, 0.05) is 6.56 Å². The molecule has 0 spiro atoms. The number of aliphatic hydroxyl groups excluding tert-OH is 3. The average Bonchev–Trinajstić information content (AvgIpc) is 3.08. The van der Waals surface area contributed by atoms with Crippen molar-refractivity contribution in [2.45, 2.75) is 110 Å². The lowest BCUT2D eigenvalue weighted by Crippen LogP contribution is -2.62. The molecule has 4 saturated carbocycles. The van der Waals surface area contributed by atoms with Gasteiger partial charge in [0.2, 0.25) is 0 Å². The summed E-state index contributed by atoms with van der Waals surface area (Å²) in [7, 11) is 0. The number of fused-ring (bicyclic) bond motifs is 5. The van der Waals surface area contributed by atoms with Gasteiger partial charge >= 0.3 is 0 Å². The van der Waals surface area contributed by atoms with Gasteiger partial charge in [0.25, 0.3) is 0 Å². The standard InChI is InChI=1S/C27H48O4/c1-16(15-28)6-5-7-17(2)20-8-9-21-25-22(14-24(31)27(20,21)4)26(3)11-10-19(29)12-18(26)13-23(25)30/h16-25,28-31H,5-15H2,1-4H3/t16-,17+,18-,19+,20+,21-,22-,23+,24-,25-,26-,27+/m0/s1/i15D2. The predicted molar refractivity (Wildman–Crippen MR) is 123 cm³/mol. The Kier molecular flexibility index (Phi) is 6.13. The van der Waals surface area contributed by atoms with E-state index in [-0.39, 0.29) is 41.0 Å². The first kappa shape index (κ1) is 21.4. The van der Waals surface area contributed by atoms with E-state index >= 15 is 0 Å². The molecule has 31 heavy (non-hydrogen) atoms. The van der Waals surface area contributed by atoms with E-state index < -0.39 is 6.56 Å². The summed E-state index contributed by atoms with van der Waals surface area (Å²) < 4.78 is 15.0. The summed E-state index contributed by atoms with van der Waals surface area (Å²) in [6, 6.07) is 0. The number of hydrogen-bond acceptors (Lipinski definition) is 4. The largest absolute Gasteiger partial charge is 0.396 e. The maximum absolute atomic E-state index is 11.6. The Hall–Kier alpha value is -0.160. The molecule has 0 aromatic carbocycles. The van der Waals surface area contributed by atoms with Gasteiger partial charge in [0.05, 0.1) is 21.1 Å². The Labute approximate surface area is 192 Å². The molecule has 0 aromatic rings. The summed E-state index contributed by atoms with van der Waals surface area (Å²) in [5.74, 6) is 1.71. The summed E-state index contributed by atoms with van der Waals surface area (Å²) in [5.41, 5.74) is -0.0786. The van der Waals surface area contributed by atoms with Gasteiger partial charge in [-0.2, -0.15) is 0 Å².